The first kappa shape index (κ1) is 16.2. The summed E-state index contributed by atoms with van der Waals surface area (Å²) in [5.74, 6) is 1.02. The Kier molecular flexibility index (Phi) is 3.61. The number of hydrogen-bond acceptors (Lipinski definition) is 8. The van der Waals surface area contributed by atoms with E-state index < -0.39 is 18.4 Å². The van der Waals surface area contributed by atoms with E-state index in [0.29, 0.717) is 29.2 Å². The lowest BCUT2D eigenvalue weighted by atomic mass is 10.2. The van der Waals surface area contributed by atoms with Gasteiger partial charge in [0.15, 0.2) is 29.3 Å². The number of aliphatic hydroxyl groups is 2. The van der Waals surface area contributed by atoms with Crippen LogP contribution in [-0.2, 0) is 4.74 Å². The van der Waals surface area contributed by atoms with E-state index in [2.05, 4.69) is 15.0 Å². The molecule has 1 saturated heterocycles. The van der Waals surface area contributed by atoms with Crippen LogP contribution in [0.5, 0.6) is 0 Å². The number of hydrogen-bond donors (Lipinski definition) is 3. The fraction of sp³-hybridized carbons (Fsp3) is 0.278. The Morgan fingerprint density at radius 1 is 1.26 bits per heavy atom. The topological polar surface area (TPSA) is 132 Å². The molecule has 1 aliphatic rings. The lowest BCUT2D eigenvalue weighted by molar-refractivity contribution is -0.0486. The first-order valence-electron chi connectivity index (χ1n) is 8.57. The van der Waals surface area contributed by atoms with Crippen molar-refractivity contribution in [2.75, 3.05) is 12.3 Å². The molecule has 27 heavy (non-hydrogen) atoms. The van der Waals surface area contributed by atoms with Gasteiger partial charge in [-0.3, -0.25) is 4.57 Å². The molecule has 1 aliphatic heterocycles. The van der Waals surface area contributed by atoms with Crippen molar-refractivity contribution in [3.8, 4) is 11.6 Å². The second-order valence-electron chi connectivity index (χ2n) is 6.54. The highest BCUT2D eigenvalue weighted by molar-refractivity contribution is 5.86. The zero-order valence-corrected chi connectivity index (χ0v) is 14.2. The largest absolute Gasteiger partial charge is 0.453 e. The van der Waals surface area contributed by atoms with Crippen molar-refractivity contribution >= 4 is 28.0 Å². The van der Waals surface area contributed by atoms with E-state index in [9.17, 15) is 10.2 Å². The smallest absolute Gasteiger partial charge is 0.199 e. The van der Waals surface area contributed by atoms with Crippen LogP contribution in [0.15, 0.2) is 41.1 Å². The molecule has 0 spiro atoms. The fourth-order valence-electron chi connectivity index (χ4n) is 3.42. The van der Waals surface area contributed by atoms with Gasteiger partial charge < -0.3 is 25.1 Å². The number of para-hydroxylation sites is 1. The van der Waals surface area contributed by atoms with Crippen molar-refractivity contribution in [1.82, 2.24) is 19.5 Å². The van der Waals surface area contributed by atoms with Gasteiger partial charge in [0.1, 0.15) is 17.2 Å². The molecule has 0 amide bonds. The average Bonchev–Trinajstić information content (AvgIpc) is 3.37. The Balaban J connectivity index is 1.63. The highest BCUT2D eigenvalue weighted by Crippen LogP contribution is 2.33. The Hall–Kier alpha value is -3.01. The molecule has 1 fully saturated rings. The summed E-state index contributed by atoms with van der Waals surface area (Å²) in [6, 6.07) is 9.46. The van der Waals surface area contributed by atoms with Crippen LogP contribution in [0.4, 0.5) is 5.82 Å². The summed E-state index contributed by atoms with van der Waals surface area (Å²) < 4.78 is 13.1. The van der Waals surface area contributed by atoms with Gasteiger partial charge in [0.05, 0.1) is 19.0 Å². The standard InChI is InChI=1S/C18H17N5O4/c19-15-14-17(23(8-20-14)18-11(25)6-10(7-24)26-18)22-16(21-15)13-5-9-3-1-2-4-12(9)27-13/h1-5,8,10-11,18,24-25H,6-7H2,(H2,19,21,22)/t10?,11-,18?/m1/s1. The third-order valence-electron chi connectivity index (χ3n) is 4.74. The number of ether oxygens (including phenoxy) is 1. The summed E-state index contributed by atoms with van der Waals surface area (Å²) in [6.07, 6.45) is -0.0873. The summed E-state index contributed by atoms with van der Waals surface area (Å²) in [5.41, 5.74) is 7.65. The molecule has 9 nitrogen and oxygen atoms in total. The molecule has 0 aliphatic carbocycles. The third kappa shape index (κ3) is 2.55. The quantitative estimate of drug-likeness (QED) is 0.496. The van der Waals surface area contributed by atoms with Crippen molar-refractivity contribution in [2.45, 2.75) is 24.9 Å². The number of fused-ring (bicyclic) bond motifs is 2. The summed E-state index contributed by atoms with van der Waals surface area (Å²) in [4.78, 5) is 13.1. The van der Waals surface area contributed by atoms with Crippen LogP contribution in [0, 0.1) is 0 Å². The fourth-order valence-corrected chi connectivity index (χ4v) is 3.42. The molecule has 4 N–H and O–H groups in total. The van der Waals surface area contributed by atoms with Gasteiger partial charge in [0, 0.05) is 11.8 Å². The van der Waals surface area contributed by atoms with E-state index in [1.807, 2.05) is 30.3 Å². The molecule has 3 atom stereocenters. The van der Waals surface area contributed by atoms with Crippen LogP contribution in [0.3, 0.4) is 0 Å². The van der Waals surface area contributed by atoms with Crippen LogP contribution in [-0.4, -0.2) is 48.5 Å². The maximum Gasteiger partial charge on any atom is 0.199 e. The van der Waals surface area contributed by atoms with Gasteiger partial charge in [-0.05, 0) is 12.1 Å². The van der Waals surface area contributed by atoms with Gasteiger partial charge >= 0.3 is 0 Å². The van der Waals surface area contributed by atoms with Crippen LogP contribution >= 0.6 is 0 Å². The predicted molar refractivity (Wildman–Crippen MR) is 96.6 cm³/mol. The van der Waals surface area contributed by atoms with E-state index >= 15 is 0 Å². The van der Waals surface area contributed by atoms with E-state index in [4.69, 9.17) is 14.9 Å². The van der Waals surface area contributed by atoms with Gasteiger partial charge in [-0.15, -0.1) is 0 Å². The zero-order chi connectivity index (χ0) is 18.5. The number of anilines is 1. The minimum atomic E-state index is -0.787. The van der Waals surface area contributed by atoms with Crippen molar-refractivity contribution in [3.63, 3.8) is 0 Å². The molecule has 0 bridgehead atoms. The minimum Gasteiger partial charge on any atom is -0.453 e. The Bertz CT molecular complexity index is 1100. The summed E-state index contributed by atoms with van der Waals surface area (Å²) >= 11 is 0. The predicted octanol–water partition coefficient (Wildman–Crippen LogP) is 1.46. The Morgan fingerprint density at radius 2 is 2.11 bits per heavy atom. The van der Waals surface area contributed by atoms with Gasteiger partial charge in [0.25, 0.3) is 0 Å². The van der Waals surface area contributed by atoms with Crippen LogP contribution in [0.25, 0.3) is 33.7 Å². The lowest BCUT2D eigenvalue weighted by Crippen LogP contribution is -2.19. The van der Waals surface area contributed by atoms with Crippen LogP contribution in [0.1, 0.15) is 12.6 Å². The van der Waals surface area contributed by atoms with Crippen molar-refractivity contribution in [1.29, 1.82) is 0 Å². The number of nitrogen functional groups attached to an aromatic ring is 1. The molecule has 1 aromatic carbocycles. The van der Waals surface area contributed by atoms with Gasteiger partial charge in [-0.1, -0.05) is 18.2 Å². The third-order valence-corrected chi connectivity index (χ3v) is 4.74. The maximum absolute atomic E-state index is 10.3. The number of imidazole rings is 1. The molecule has 4 aromatic rings. The van der Waals surface area contributed by atoms with Crippen molar-refractivity contribution in [3.05, 3.63) is 36.7 Å². The Labute approximate surface area is 153 Å². The molecule has 5 rings (SSSR count). The first-order valence-corrected chi connectivity index (χ1v) is 8.57. The van der Waals surface area contributed by atoms with Gasteiger partial charge in [0.2, 0.25) is 0 Å². The lowest BCUT2D eigenvalue weighted by Gasteiger charge is -2.16. The normalized spacial score (nSPS) is 22.8. The van der Waals surface area contributed by atoms with E-state index in [0.717, 1.165) is 11.0 Å². The summed E-state index contributed by atoms with van der Waals surface area (Å²) in [5, 5.41) is 20.5. The maximum atomic E-state index is 10.3. The van der Waals surface area contributed by atoms with Crippen molar-refractivity contribution < 1.29 is 19.4 Å². The van der Waals surface area contributed by atoms with Crippen LogP contribution < -0.4 is 5.73 Å². The molecule has 0 radical (unpaired) electrons. The number of benzene rings is 1. The van der Waals surface area contributed by atoms with E-state index in [1.54, 1.807) is 4.57 Å². The molecular formula is C18H17N5O4. The van der Waals surface area contributed by atoms with Gasteiger partial charge in [-0.25, -0.2) is 15.0 Å². The molecule has 4 heterocycles. The molecule has 138 valence electrons. The SMILES string of the molecule is Nc1nc(-c2cc3ccccc3o2)nc2c1ncn2C1OC(CO)C[C@H]1O. The van der Waals surface area contributed by atoms with E-state index in [-0.39, 0.29) is 12.4 Å². The highest BCUT2D eigenvalue weighted by atomic mass is 16.5. The Morgan fingerprint density at radius 3 is 2.89 bits per heavy atom. The summed E-state index contributed by atoms with van der Waals surface area (Å²) in [7, 11) is 0. The highest BCUT2D eigenvalue weighted by Gasteiger charge is 2.36. The number of aliphatic hydroxyl groups excluding tert-OH is 2. The first-order chi connectivity index (χ1) is 13.1. The van der Waals surface area contributed by atoms with Gasteiger partial charge in [-0.2, -0.15) is 0 Å². The number of rotatable bonds is 3. The second-order valence-corrected chi connectivity index (χ2v) is 6.54. The number of nitrogens with two attached hydrogens (primary N) is 1. The molecule has 9 heteroatoms. The molecule has 2 unspecified atom stereocenters. The molecular weight excluding hydrogens is 350 g/mol. The van der Waals surface area contributed by atoms with Crippen LogP contribution in [0.2, 0.25) is 0 Å². The second kappa shape index (κ2) is 6.02. The van der Waals surface area contributed by atoms with Crippen molar-refractivity contribution in [2.24, 2.45) is 0 Å². The molecule has 3 aromatic heterocycles. The zero-order valence-electron chi connectivity index (χ0n) is 14.2. The number of furan rings is 1. The summed E-state index contributed by atoms with van der Waals surface area (Å²) in [6.45, 7) is -0.165. The number of aromatic nitrogens is 4. The monoisotopic (exact) mass is 367 g/mol. The molecule has 0 saturated carbocycles. The minimum absolute atomic E-state index is 0.165. The average molecular weight is 367 g/mol. The van der Waals surface area contributed by atoms with E-state index in [1.165, 1.54) is 6.33 Å². The number of nitrogens with zero attached hydrogens (tertiary/aromatic N) is 4.